The Labute approximate surface area is 118 Å². The summed E-state index contributed by atoms with van der Waals surface area (Å²) in [6.45, 7) is 1.74. The SMILES string of the molecule is COc1ccc(C(=O)NCC2CNCC2O)cc1OC. The number of hydrogen-bond acceptors (Lipinski definition) is 5. The minimum Gasteiger partial charge on any atom is -0.493 e. The highest BCUT2D eigenvalue weighted by Gasteiger charge is 2.25. The Morgan fingerprint density at radius 1 is 1.35 bits per heavy atom. The summed E-state index contributed by atoms with van der Waals surface area (Å²) in [6, 6.07) is 5.01. The second-order valence-electron chi connectivity index (χ2n) is 4.77. The van der Waals surface area contributed by atoms with E-state index in [1.165, 1.54) is 7.11 Å². The van der Waals surface area contributed by atoms with Gasteiger partial charge < -0.3 is 25.2 Å². The van der Waals surface area contributed by atoms with Crippen LogP contribution in [0.15, 0.2) is 18.2 Å². The predicted octanol–water partition coefficient (Wildman–Crippen LogP) is 0.0139. The van der Waals surface area contributed by atoms with E-state index in [2.05, 4.69) is 10.6 Å². The molecule has 1 aromatic rings. The van der Waals surface area contributed by atoms with Crippen LogP contribution in [0, 0.1) is 5.92 Å². The van der Waals surface area contributed by atoms with Gasteiger partial charge in [-0.2, -0.15) is 0 Å². The van der Waals surface area contributed by atoms with E-state index in [9.17, 15) is 9.90 Å². The summed E-state index contributed by atoms with van der Waals surface area (Å²) < 4.78 is 10.3. The largest absolute Gasteiger partial charge is 0.493 e. The first-order chi connectivity index (χ1) is 9.65. The molecule has 1 aromatic carbocycles. The average Bonchev–Trinajstić information content (AvgIpc) is 2.89. The number of hydrogen-bond donors (Lipinski definition) is 3. The molecule has 1 heterocycles. The van der Waals surface area contributed by atoms with Crippen molar-refractivity contribution in [2.75, 3.05) is 33.9 Å². The molecule has 0 aliphatic carbocycles. The Bertz CT molecular complexity index is 478. The Kier molecular flexibility index (Phi) is 4.81. The van der Waals surface area contributed by atoms with Crippen LogP contribution in [0.2, 0.25) is 0 Å². The molecule has 0 saturated carbocycles. The van der Waals surface area contributed by atoms with E-state index >= 15 is 0 Å². The van der Waals surface area contributed by atoms with Gasteiger partial charge in [-0.25, -0.2) is 0 Å². The van der Waals surface area contributed by atoms with E-state index < -0.39 is 6.10 Å². The van der Waals surface area contributed by atoms with E-state index in [4.69, 9.17) is 9.47 Å². The molecule has 0 bridgehead atoms. The fourth-order valence-electron chi connectivity index (χ4n) is 2.23. The minimum absolute atomic E-state index is 0.0547. The number of carbonyl (C=O) groups excluding carboxylic acids is 1. The van der Waals surface area contributed by atoms with Crippen LogP contribution >= 0.6 is 0 Å². The third-order valence-electron chi connectivity index (χ3n) is 3.47. The third kappa shape index (κ3) is 3.20. The maximum absolute atomic E-state index is 12.1. The lowest BCUT2D eigenvalue weighted by Gasteiger charge is -2.14. The van der Waals surface area contributed by atoms with Crippen molar-refractivity contribution < 1.29 is 19.4 Å². The van der Waals surface area contributed by atoms with Gasteiger partial charge in [-0.05, 0) is 18.2 Å². The molecule has 0 aromatic heterocycles. The van der Waals surface area contributed by atoms with Gasteiger partial charge in [-0.15, -0.1) is 0 Å². The van der Waals surface area contributed by atoms with Crippen molar-refractivity contribution in [1.29, 1.82) is 0 Å². The maximum atomic E-state index is 12.1. The lowest BCUT2D eigenvalue weighted by molar-refractivity contribution is 0.0926. The van der Waals surface area contributed by atoms with Crippen LogP contribution in [-0.2, 0) is 0 Å². The van der Waals surface area contributed by atoms with Gasteiger partial charge in [0.05, 0.1) is 20.3 Å². The summed E-state index contributed by atoms with van der Waals surface area (Å²) >= 11 is 0. The zero-order valence-corrected chi connectivity index (χ0v) is 11.7. The van der Waals surface area contributed by atoms with Crippen LogP contribution < -0.4 is 20.1 Å². The highest BCUT2D eigenvalue weighted by molar-refractivity contribution is 5.94. The number of β-amino-alcohol motifs (C(OH)–C–C–N with tert-alkyl or cyclic N) is 1. The van der Waals surface area contributed by atoms with E-state index in [0.29, 0.717) is 36.7 Å². The molecule has 1 aliphatic heterocycles. The molecule has 2 rings (SSSR count). The van der Waals surface area contributed by atoms with Gasteiger partial charge in [0.15, 0.2) is 11.5 Å². The molecule has 1 saturated heterocycles. The van der Waals surface area contributed by atoms with Crippen molar-refractivity contribution >= 4 is 5.91 Å². The Morgan fingerprint density at radius 2 is 2.10 bits per heavy atom. The van der Waals surface area contributed by atoms with Gasteiger partial charge in [0, 0.05) is 31.1 Å². The second-order valence-corrected chi connectivity index (χ2v) is 4.77. The average molecular weight is 280 g/mol. The molecule has 0 spiro atoms. The van der Waals surface area contributed by atoms with Crippen molar-refractivity contribution in [3.63, 3.8) is 0 Å². The van der Waals surface area contributed by atoms with Crippen LogP contribution in [0.4, 0.5) is 0 Å². The van der Waals surface area contributed by atoms with Gasteiger partial charge in [-0.3, -0.25) is 4.79 Å². The standard InChI is InChI=1S/C14H20N2O4/c1-19-12-4-3-9(5-13(12)20-2)14(18)16-7-10-6-15-8-11(10)17/h3-5,10-11,15,17H,6-8H2,1-2H3,(H,16,18). The zero-order chi connectivity index (χ0) is 14.5. The smallest absolute Gasteiger partial charge is 0.251 e. The van der Waals surface area contributed by atoms with Crippen LogP contribution in [0.25, 0.3) is 0 Å². The Morgan fingerprint density at radius 3 is 2.70 bits per heavy atom. The molecule has 0 radical (unpaired) electrons. The van der Waals surface area contributed by atoms with Crippen molar-refractivity contribution in [1.82, 2.24) is 10.6 Å². The Balaban J connectivity index is 1.98. The third-order valence-corrected chi connectivity index (χ3v) is 3.47. The van der Waals surface area contributed by atoms with Gasteiger partial charge in [0.25, 0.3) is 5.91 Å². The van der Waals surface area contributed by atoms with Crippen LogP contribution in [0.5, 0.6) is 11.5 Å². The number of aliphatic hydroxyl groups excluding tert-OH is 1. The first kappa shape index (κ1) is 14.6. The van der Waals surface area contributed by atoms with Gasteiger partial charge in [0.2, 0.25) is 0 Å². The number of ether oxygens (including phenoxy) is 2. The number of methoxy groups -OCH3 is 2. The van der Waals surface area contributed by atoms with Gasteiger partial charge >= 0.3 is 0 Å². The predicted molar refractivity (Wildman–Crippen MR) is 74.2 cm³/mol. The number of nitrogens with one attached hydrogen (secondary N) is 2. The number of aliphatic hydroxyl groups is 1. The van der Waals surface area contributed by atoms with Crippen molar-refractivity contribution in [3.05, 3.63) is 23.8 Å². The molecular weight excluding hydrogens is 260 g/mol. The summed E-state index contributed by atoms with van der Waals surface area (Å²) in [7, 11) is 3.08. The fraction of sp³-hybridized carbons (Fsp3) is 0.500. The quantitative estimate of drug-likeness (QED) is 0.708. The normalized spacial score (nSPS) is 21.6. The van der Waals surface area contributed by atoms with Crippen LogP contribution in [-0.4, -0.2) is 51.0 Å². The highest BCUT2D eigenvalue weighted by atomic mass is 16.5. The molecule has 6 heteroatoms. The number of rotatable bonds is 5. The first-order valence-electron chi connectivity index (χ1n) is 6.54. The zero-order valence-electron chi connectivity index (χ0n) is 11.7. The molecule has 1 amide bonds. The van der Waals surface area contributed by atoms with E-state index in [1.54, 1.807) is 25.3 Å². The van der Waals surface area contributed by atoms with Gasteiger partial charge in [0.1, 0.15) is 0 Å². The minimum atomic E-state index is -0.402. The molecule has 3 N–H and O–H groups in total. The molecule has 20 heavy (non-hydrogen) atoms. The number of amides is 1. The summed E-state index contributed by atoms with van der Waals surface area (Å²) in [6.07, 6.45) is -0.402. The lowest BCUT2D eigenvalue weighted by Crippen LogP contribution is -2.34. The second kappa shape index (κ2) is 6.58. The molecule has 2 unspecified atom stereocenters. The molecule has 6 nitrogen and oxygen atoms in total. The summed E-state index contributed by atoms with van der Waals surface area (Å²) in [5, 5.41) is 15.6. The Hall–Kier alpha value is -1.79. The molecular formula is C14H20N2O4. The maximum Gasteiger partial charge on any atom is 0.251 e. The highest BCUT2D eigenvalue weighted by Crippen LogP contribution is 2.27. The number of benzene rings is 1. The molecule has 1 fully saturated rings. The first-order valence-corrected chi connectivity index (χ1v) is 6.54. The molecule has 1 aliphatic rings. The van der Waals surface area contributed by atoms with Crippen molar-refractivity contribution in [2.24, 2.45) is 5.92 Å². The molecule has 2 atom stereocenters. The van der Waals surface area contributed by atoms with Crippen LogP contribution in [0.1, 0.15) is 10.4 Å². The summed E-state index contributed by atoms with van der Waals surface area (Å²) in [4.78, 5) is 12.1. The van der Waals surface area contributed by atoms with Crippen LogP contribution in [0.3, 0.4) is 0 Å². The van der Waals surface area contributed by atoms with Crippen molar-refractivity contribution in [3.8, 4) is 11.5 Å². The number of carbonyl (C=O) groups is 1. The fourth-order valence-corrected chi connectivity index (χ4v) is 2.23. The molecule has 110 valence electrons. The summed E-state index contributed by atoms with van der Waals surface area (Å²) in [5.74, 6) is 0.964. The van der Waals surface area contributed by atoms with E-state index in [1.807, 2.05) is 0 Å². The van der Waals surface area contributed by atoms with E-state index in [-0.39, 0.29) is 11.8 Å². The topological polar surface area (TPSA) is 79.8 Å². The lowest BCUT2D eigenvalue weighted by atomic mass is 10.1. The van der Waals surface area contributed by atoms with E-state index in [0.717, 1.165) is 0 Å². The monoisotopic (exact) mass is 280 g/mol. The van der Waals surface area contributed by atoms with Crippen molar-refractivity contribution in [2.45, 2.75) is 6.10 Å². The summed E-state index contributed by atoms with van der Waals surface area (Å²) in [5.41, 5.74) is 0.503. The van der Waals surface area contributed by atoms with Gasteiger partial charge in [-0.1, -0.05) is 0 Å².